The Hall–Kier alpha value is -2.82. The quantitative estimate of drug-likeness (QED) is 0.776. The molecule has 0 unspecified atom stereocenters. The SMILES string of the molecule is CNC(=O)c1cccc(-c2ccc(C(=O)N3C[C@]4(C)C[C@H]3CC(C)(C)C4)cc2OC)c1. The molecule has 1 N–H and O–H groups in total. The average Bonchev–Trinajstić information content (AvgIpc) is 3.00. The summed E-state index contributed by atoms with van der Waals surface area (Å²) < 4.78 is 5.65. The molecule has 164 valence electrons. The molecule has 0 radical (unpaired) electrons. The van der Waals surface area contributed by atoms with Crippen LogP contribution in [0, 0.1) is 10.8 Å². The van der Waals surface area contributed by atoms with Gasteiger partial charge in [0, 0.05) is 36.3 Å². The molecule has 5 heteroatoms. The lowest BCUT2D eigenvalue weighted by Gasteiger charge is -2.39. The van der Waals surface area contributed by atoms with Gasteiger partial charge >= 0.3 is 0 Å². The Morgan fingerprint density at radius 3 is 2.55 bits per heavy atom. The number of ether oxygens (including phenoxy) is 1. The molecule has 2 bridgehead atoms. The third-order valence-corrected chi connectivity index (χ3v) is 6.79. The number of nitrogens with one attached hydrogen (secondary N) is 1. The van der Waals surface area contributed by atoms with Crippen LogP contribution in [-0.2, 0) is 0 Å². The van der Waals surface area contributed by atoms with Crippen molar-refractivity contribution in [2.24, 2.45) is 10.8 Å². The monoisotopic (exact) mass is 420 g/mol. The van der Waals surface area contributed by atoms with E-state index in [0.717, 1.165) is 36.9 Å². The molecule has 1 saturated carbocycles. The van der Waals surface area contributed by atoms with E-state index in [9.17, 15) is 9.59 Å². The van der Waals surface area contributed by atoms with Gasteiger partial charge in [0.05, 0.1) is 7.11 Å². The number of likely N-dealkylation sites (tertiary alicyclic amines) is 1. The van der Waals surface area contributed by atoms with E-state index in [1.54, 1.807) is 20.2 Å². The Balaban J connectivity index is 1.63. The molecule has 1 heterocycles. The van der Waals surface area contributed by atoms with Gasteiger partial charge in [0.1, 0.15) is 5.75 Å². The molecule has 2 atom stereocenters. The van der Waals surface area contributed by atoms with Crippen molar-refractivity contribution >= 4 is 11.8 Å². The third kappa shape index (κ3) is 4.06. The van der Waals surface area contributed by atoms with Gasteiger partial charge in [-0.25, -0.2) is 0 Å². The maximum absolute atomic E-state index is 13.5. The van der Waals surface area contributed by atoms with Crippen molar-refractivity contribution in [3.05, 3.63) is 53.6 Å². The molecule has 2 aromatic rings. The highest BCUT2D eigenvalue weighted by Crippen LogP contribution is 2.52. The van der Waals surface area contributed by atoms with Gasteiger partial charge in [-0.05, 0) is 66.0 Å². The molecular formula is C26H32N2O3. The number of carbonyl (C=O) groups is 2. The van der Waals surface area contributed by atoms with Crippen LogP contribution in [0.15, 0.2) is 42.5 Å². The smallest absolute Gasteiger partial charge is 0.254 e. The first kappa shape index (κ1) is 21.4. The molecule has 2 aromatic carbocycles. The average molecular weight is 421 g/mol. The summed E-state index contributed by atoms with van der Waals surface area (Å²) in [6, 6.07) is 13.3. The normalized spacial score (nSPS) is 24.0. The maximum Gasteiger partial charge on any atom is 0.254 e. The van der Waals surface area contributed by atoms with E-state index < -0.39 is 0 Å². The molecule has 2 aliphatic rings. The largest absolute Gasteiger partial charge is 0.496 e. The topological polar surface area (TPSA) is 58.6 Å². The van der Waals surface area contributed by atoms with Crippen LogP contribution in [-0.4, -0.2) is 43.5 Å². The summed E-state index contributed by atoms with van der Waals surface area (Å²) >= 11 is 0. The van der Waals surface area contributed by atoms with Crippen molar-refractivity contribution in [1.82, 2.24) is 10.2 Å². The lowest BCUT2D eigenvalue weighted by atomic mass is 9.65. The lowest BCUT2D eigenvalue weighted by Crippen LogP contribution is -2.37. The molecule has 1 saturated heterocycles. The van der Waals surface area contributed by atoms with Gasteiger partial charge in [-0.2, -0.15) is 0 Å². The van der Waals surface area contributed by atoms with Crippen LogP contribution >= 0.6 is 0 Å². The molecule has 5 nitrogen and oxygen atoms in total. The van der Waals surface area contributed by atoms with Gasteiger partial charge < -0.3 is 15.0 Å². The van der Waals surface area contributed by atoms with Crippen LogP contribution in [0.4, 0.5) is 0 Å². The van der Waals surface area contributed by atoms with Gasteiger partial charge in [0.25, 0.3) is 11.8 Å². The Labute approximate surface area is 184 Å². The Kier molecular flexibility index (Phi) is 5.32. The Morgan fingerprint density at radius 2 is 1.84 bits per heavy atom. The van der Waals surface area contributed by atoms with Crippen LogP contribution < -0.4 is 10.1 Å². The van der Waals surface area contributed by atoms with E-state index in [-0.39, 0.29) is 22.6 Å². The van der Waals surface area contributed by atoms with Gasteiger partial charge in [0.15, 0.2) is 0 Å². The van der Waals surface area contributed by atoms with Crippen molar-refractivity contribution in [2.75, 3.05) is 20.7 Å². The maximum atomic E-state index is 13.5. The van der Waals surface area contributed by atoms with E-state index in [4.69, 9.17) is 4.74 Å². The van der Waals surface area contributed by atoms with Gasteiger partial charge in [-0.15, -0.1) is 0 Å². The number of amides is 2. The number of nitrogens with zero attached hydrogens (tertiary/aromatic N) is 1. The van der Waals surface area contributed by atoms with E-state index in [2.05, 4.69) is 31.0 Å². The summed E-state index contributed by atoms with van der Waals surface area (Å²) in [4.78, 5) is 27.5. The standard InChI is InChI=1S/C26H32N2O3/c1-25(2)13-20-14-26(3,15-25)16-28(20)24(30)19-9-10-21(22(12-19)31-5)17-7-6-8-18(11-17)23(29)27-4/h6-12,20H,13-16H2,1-5H3,(H,27,29)/t20-,26-/m1/s1. The number of benzene rings is 2. The zero-order chi connectivity index (χ0) is 22.4. The van der Waals surface area contributed by atoms with Crippen LogP contribution in [0.1, 0.15) is 60.7 Å². The molecule has 31 heavy (non-hydrogen) atoms. The van der Waals surface area contributed by atoms with E-state index >= 15 is 0 Å². The van der Waals surface area contributed by atoms with Crippen molar-refractivity contribution in [3.8, 4) is 16.9 Å². The van der Waals surface area contributed by atoms with Crippen LogP contribution in [0.25, 0.3) is 11.1 Å². The molecule has 0 aromatic heterocycles. The predicted octanol–water partition coefficient (Wildman–Crippen LogP) is 4.76. The Bertz CT molecular complexity index is 1030. The highest BCUT2D eigenvalue weighted by molar-refractivity contribution is 5.97. The highest BCUT2D eigenvalue weighted by Gasteiger charge is 2.51. The fourth-order valence-electron chi connectivity index (χ4n) is 5.90. The number of methoxy groups -OCH3 is 1. The second kappa shape index (κ2) is 7.70. The highest BCUT2D eigenvalue weighted by atomic mass is 16.5. The molecular weight excluding hydrogens is 388 g/mol. The van der Waals surface area contributed by atoms with Gasteiger partial charge in [-0.3, -0.25) is 9.59 Å². The number of hydrogen-bond donors (Lipinski definition) is 1. The Morgan fingerprint density at radius 1 is 1.06 bits per heavy atom. The number of fused-ring (bicyclic) bond motifs is 2. The minimum atomic E-state index is -0.135. The van der Waals surface area contributed by atoms with E-state index in [1.165, 1.54) is 0 Å². The van der Waals surface area contributed by atoms with Crippen LogP contribution in [0.3, 0.4) is 0 Å². The minimum Gasteiger partial charge on any atom is -0.496 e. The van der Waals surface area contributed by atoms with Crippen molar-refractivity contribution in [1.29, 1.82) is 0 Å². The van der Waals surface area contributed by atoms with Crippen LogP contribution in [0.5, 0.6) is 5.75 Å². The van der Waals surface area contributed by atoms with Crippen molar-refractivity contribution in [3.63, 3.8) is 0 Å². The zero-order valence-electron chi connectivity index (χ0n) is 19.1. The second-order valence-electron chi connectivity index (χ2n) is 10.2. The van der Waals surface area contributed by atoms with Crippen molar-refractivity contribution < 1.29 is 14.3 Å². The fourth-order valence-corrected chi connectivity index (χ4v) is 5.90. The molecule has 1 aliphatic carbocycles. The summed E-state index contributed by atoms with van der Waals surface area (Å²) in [6.07, 6.45) is 3.30. The summed E-state index contributed by atoms with van der Waals surface area (Å²) in [5.41, 5.74) is 3.44. The zero-order valence-corrected chi connectivity index (χ0v) is 19.1. The van der Waals surface area contributed by atoms with E-state index in [0.29, 0.717) is 22.9 Å². The lowest BCUT2D eigenvalue weighted by molar-refractivity contribution is 0.0707. The van der Waals surface area contributed by atoms with E-state index in [1.807, 2.05) is 36.4 Å². The second-order valence-corrected chi connectivity index (χ2v) is 10.2. The van der Waals surface area contributed by atoms with Gasteiger partial charge in [-0.1, -0.05) is 32.9 Å². The fraction of sp³-hybridized carbons (Fsp3) is 0.462. The molecule has 2 amide bonds. The van der Waals surface area contributed by atoms with Gasteiger partial charge in [0.2, 0.25) is 0 Å². The molecule has 1 aliphatic heterocycles. The first-order chi connectivity index (χ1) is 14.6. The summed E-state index contributed by atoms with van der Waals surface area (Å²) in [7, 11) is 3.23. The predicted molar refractivity (Wildman–Crippen MR) is 122 cm³/mol. The molecule has 4 rings (SSSR count). The first-order valence-corrected chi connectivity index (χ1v) is 11.0. The third-order valence-electron chi connectivity index (χ3n) is 6.79. The number of carbonyl (C=O) groups excluding carboxylic acids is 2. The number of hydrogen-bond acceptors (Lipinski definition) is 3. The molecule has 0 spiro atoms. The first-order valence-electron chi connectivity index (χ1n) is 11.0. The summed E-state index contributed by atoms with van der Waals surface area (Å²) in [5, 5.41) is 2.65. The summed E-state index contributed by atoms with van der Waals surface area (Å²) in [5.74, 6) is 0.577. The molecule has 2 fully saturated rings. The minimum absolute atomic E-state index is 0.0791. The van der Waals surface area contributed by atoms with Crippen LogP contribution in [0.2, 0.25) is 0 Å². The van der Waals surface area contributed by atoms with Crippen molar-refractivity contribution in [2.45, 2.75) is 46.1 Å². The number of rotatable bonds is 4. The summed E-state index contributed by atoms with van der Waals surface area (Å²) in [6.45, 7) is 7.77.